The highest BCUT2D eigenvalue weighted by atomic mass is 16.5. The SMILES string of the molecule is CC(C)Oc1cc(N2CCNC(=O)C2CC(=O)O)ncn1. The van der Waals surface area contributed by atoms with Gasteiger partial charge in [0.05, 0.1) is 12.5 Å². The third-order valence-corrected chi connectivity index (χ3v) is 2.98. The molecule has 1 atom stereocenters. The van der Waals surface area contributed by atoms with Crippen molar-refractivity contribution in [3.63, 3.8) is 0 Å². The molecule has 0 radical (unpaired) electrons. The van der Waals surface area contributed by atoms with E-state index in [0.29, 0.717) is 24.8 Å². The van der Waals surface area contributed by atoms with E-state index in [0.717, 1.165) is 0 Å². The maximum absolute atomic E-state index is 11.9. The van der Waals surface area contributed by atoms with Crippen LogP contribution in [0.25, 0.3) is 0 Å². The van der Waals surface area contributed by atoms with Crippen molar-refractivity contribution in [1.82, 2.24) is 15.3 Å². The number of aromatic nitrogens is 2. The van der Waals surface area contributed by atoms with Crippen LogP contribution in [-0.4, -0.2) is 52.2 Å². The Kier molecular flexibility index (Phi) is 4.56. The van der Waals surface area contributed by atoms with E-state index in [1.165, 1.54) is 6.33 Å². The van der Waals surface area contributed by atoms with Gasteiger partial charge in [-0.1, -0.05) is 0 Å². The second-order valence-corrected chi connectivity index (χ2v) is 4.98. The number of aliphatic carboxylic acids is 1. The van der Waals surface area contributed by atoms with Crippen molar-refractivity contribution in [2.75, 3.05) is 18.0 Å². The predicted molar refractivity (Wildman–Crippen MR) is 74.2 cm³/mol. The Bertz CT molecular complexity index is 535. The molecule has 2 rings (SSSR count). The molecule has 1 aliphatic heterocycles. The van der Waals surface area contributed by atoms with E-state index in [4.69, 9.17) is 9.84 Å². The van der Waals surface area contributed by atoms with Crippen LogP contribution >= 0.6 is 0 Å². The molecule has 1 amide bonds. The van der Waals surface area contributed by atoms with Gasteiger partial charge in [0.25, 0.3) is 0 Å². The fraction of sp³-hybridized carbons (Fsp3) is 0.538. The van der Waals surface area contributed by atoms with Crippen molar-refractivity contribution < 1.29 is 19.4 Å². The number of ether oxygens (including phenoxy) is 1. The van der Waals surface area contributed by atoms with Crippen LogP contribution < -0.4 is 15.0 Å². The molecule has 2 N–H and O–H groups in total. The minimum atomic E-state index is -1.03. The topological polar surface area (TPSA) is 105 Å². The zero-order chi connectivity index (χ0) is 15.4. The minimum absolute atomic E-state index is 0.0350. The van der Waals surface area contributed by atoms with Gasteiger partial charge in [-0.05, 0) is 13.8 Å². The highest BCUT2D eigenvalue weighted by Crippen LogP contribution is 2.21. The van der Waals surface area contributed by atoms with Gasteiger partial charge in [0.1, 0.15) is 18.2 Å². The first-order valence-corrected chi connectivity index (χ1v) is 6.72. The molecular weight excluding hydrogens is 276 g/mol. The summed E-state index contributed by atoms with van der Waals surface area (Å²) in [6, 6.07) is 0.839. The molecule has 1 unspecified atom stereocenters. The van der Waals surface area contributed by atoms with Crippen molar-refractivity contribution in [3.8, 4) is 5.88 Å². The smallest absolute Gasteiger partial charge is 0.305 e. The summed E-state index contributed by atoms with van der Waals surface area (Å²) in [4.78, 5) is 32.6. The number of hydrogen-bond donors (Lipinski definition) is 2. The van der Waals surface area contributed by atoms with Crippen LogP contribution in [0, 0.1) is 0 Å². The van der Waals surface area contributed by atoms with E-state index < -0.39 is 12.0 Å². The maximum Gasteiger partial charge on any atom is 0.305 e. The lowest BCUT2D eigenvalue weighted by Crippen LogP contribution is -2.56. The van der Waals surface area contributed by atoms with Gasteiger partial charge < -0.3 is 20.1 Å². The number of nitrogens with one attached hydrogen (secondary N) is 1. The number of rotatable bonds is 5. The maximum atomic E-state index is 11.9. The van der Waals surface area contributed by atoms with Crippen molar-refractivity contribution in [3.05, 3.63) is 12.4 Å². The summed E-state index contributed by atoms with van der Waals surface area (Å²) in [5, 5.41) is 11.6. The summed E-state index contributed by atoms with van der Waals surface area (Å²) in [7, 11) is 0. The molecule has 8 heteroatoms. The third kappa shape index (κ3) is 3.80. The van der Waals surface area contributed by atoms with Gasteiger partial charge in [0.2, 0.25) is 11.8 Å². The number of hydrogen-bond acceptors (Lipinski definition) is 6. The van der Waals surface area contributed by atoms with Crippen LogP contribution in [0.5, 0.6) is 5.88 Å². The van der Waals surface area contributed by atoms with E-state index in [-0.39, 0.29) is 18.4 Å². The molecule has 0 aromatic carbocycles. The number of nitrogens with zero attached hydrogens (tertiary/aromatic N) is 3. The van der Waals surface area contributed by atoms with Gasteiger partial charge in [-0.3, -0.25) is 9.59 Å². The number of anilines is 1. The van der Waals surface area contributed by atoms with Gasteiger partial charge in [-0.2, -0.15) is 0 Å². The summed E-state index contributed by atoms with van der Waals surface area (Å²) in [5.74, 6) is -0.458. The normalized spacial score (nSPS) is 18.5. The molecule has 1 saturated heterocycles. The Morgan fingerprint density at radius 1 is 1.57 bits per heavy atom. The fourth-order valence-corrected chi connectivity index (χ4v) is 2.15. The average molecular weight is 294 g/mol. The molecule has 114 valence electrons. The minimum Gasteiger partial charge on any atom is -0.481 e. The highest BCUT2D eigenvalue weighted by molar-refractivity contribution is 5.90. The zero-order valence-electron chi connectivity index (χ0n) is 11.9. The average Bonchev–Trinajstić information content (AvgIpc) is 2.40. The van der Waals surface area contributed by atoms with Gasteiger partial charge in [-0.15, -0.1) is 0 Å². The van der Waals surface area contributed by atoms with Gasteiger partial charge in [0, 0.05) is 19.2 Å². The number of piperazine rings is 1. The molecule has 2 heterocycles. The number of carboxylic acid groups (broad SMARTS) is 1. The van der Waals surface area contributed by atoms with Crippen LogP contribution in [-0.2, 0) is 9.59 Å². The van der Waals surface area contributed by atoms with Crippen molar-refractivity contribution in [2.45, 2.75) is 32.4 Å². The lowest BCUT2D eigenvalue weighted by Gasteiger charge is -2.35. The first-order chi connectivity index (χ1) is 9.97. The standard InChI is InChI=1S/C13H18N4O4/c1-8(2)21-11-6-10(15-7-16-11)17-4-3-14-13(20)9(17)5-12(18)19/h6-9H,3-5H2,1-2H3,(H,14,20)(H,18,19). The Hall–Kier alpha value is -2.38. The van der Waals surface area contributed by atoms with Crippen LogP contribution in [0.2, 0.25) is 0 Å². The van der Waals surface area contributed by atoms with Crippen LogP contribution in [0.4, 0.5) is 5.82 Å². The molecule has 0 aliphatic carbocycles. The Balaban J connectivity index is 2.24. The lowest BCUT2D eigenvalue weighted by molar-refractivity contribution is -0.139. The monoisotopic (exact) mass is 294 g/mol. The zero-order valence-corrected chi connectivity index (χ0v) is 11.9. The Morgan fingerprint density at radius 3 is 3.00 bits per heavy atom. The molecule has 8 nitrogen and oxygen atoms in total. The fourth-order valence-electron chi connectivity index (χ4n) is 2.15. The Labute approximate surface area is 122 Å². The van der Waals surface area contributed by atoms with Gasteiger partial charge in [-0.25, -0.2) is 9.97 Å². The Morgan fingerprint density at radius 2 is 2.33 bits per heavy atom. The van der Waals surface area contributed by atoms with Crippen LogP contribution in [0.15, 0.2) is 12.4 Å². The first-order valence-electron chi connectivity index (χ1n) is 6.72. The second kappa shape index (κ2) is 6.38. The van der Waals surface area contributed by atoms with E-state index in [2.05, 4.69) is 15.3 Å². The van der Waals surface area contributed by atoms with E-state index in [1.54, 1.807) is 11.0 Å². The molecule has 0 saturated carbocycles. The molecule has 1 fully saturated rings. The van der Waals surface area contributed by atoms with Gasteiger partial charge >= 0.3 is 5.97 Å². The quantitative estimate of drug-likeness (QED) is 0.790. The molecular formula is C13H18N4O4. The van der Waals surface area contributed by atoms with Crippen molar-refractivity contribution in [2.24, 2.45) is 0 Å². The van der Waals surface area contributed by atoms with Gasteiger partial charge in [0.15, 0.2) is 0 Å². The van der Waals surface area contributed by atoms with Crippen LogP contribution in [0.1, 0.15) is 20.3 Å². The lowest BCUT2D eigenvalue weighted by atomic mass is 10.1. The number of carbonyl (C=O) groups excluding carboxylic acids is 1. The van der Waals surface area contributed by atoms with E-state index in [9.17, 15) is 9.59 Å². The molecule has 1 aromatic heterocycles. The number of amides is 1. The predicted octanol–water partition coefficient (Wildman–Crippen LogP) is 0.0433. The molecule has 21 heavy (non-hydrogen) atoms. The molecule has 1 aliphatic rings. The highest BCUT2D eigenvalue weighted by Gasteiger charge is 2.32. The van der Waals surface area contributed by atoms with Crippen molar-refractivity contribution in [1.29, 1.82) is 0 Å². The molecule has 0 bridgehead atoms. The summed E-state index contributed by atoms with van der Waals surface area (Å²) in [5.41, 5.74) is 0. The second-order valence-electron chi connectivity index (χ2n) is 4.98. The van der Waals surface area contributed by atoms with Crippen molar-refractivity contribution >= 4 is 17.7 Å². The summed E-state index contributed by atoms with van der Waals surface area (Å²) in [6.45, 7) is 4.69. The number of carbonyl (C=O) groups is 2. The van der Waals surface area contributed by atoms with E-state index in [1.807, 2.05) is 13.8 Å². The summed E-state index contributed by atoms with van der Waals surface area (Å²) >= 11 is 0. The molecule has 0 spiro atoms. The summed E-state index contributed by atoms with van der Waals surface area (Å²) < 4.78 is 5.49. The van der Waals surface area contributed by atoms with E-state index >= 15 is 0 Å². The summed E-state index contributed by atoms with van der Waals surface area (Å²) in [6.07, 6.45) is 1.03. The largest absolute Gasteiger partial charge is 0.481 e. The third-order valence-electron chi connectivity index (χ3n) is 2.98. The van der Waals surface area contributed by atoms with Crippen LogP contribution in [0.3, 0.4) is 0 Å². The first kappa shape index (κ1) is 15.0. The molecule has 1 aromatic rings. The number of carboxylic acids is 1.